The van der Waals surface area contributed by atoms with Gasteiger partial charge in [-0.05, 0) is 58.4 Å². The van der Waals surface area contributed by atoms with Gasteiger partial charge in [-0.25, -0.2) is 0 Å². The van der Waals surface area contributed by atoms with Crippen molar-refractivity contribution < 1.29 is 9.59 Å². The van der Waals surface area contributed by atoms with Gasteiger partial charge in [0, 0.05) is 22.5 Å². The van der Waals surface area contributed by atoms with Gasteiger partial charge < -0.3 is 4.98 Å². The summed E-state index contributed by atoms with van der Waals surface area (Å²) in [7, 11) is 0. The Labute approximate surface area is 197 Å². The molecule has 4 rings (SSSR count). The molecule has 1 N–H and O–H groups in total. The zero-order valence-corrected chi connectivity index (χ0v) is 20.2. The highest BCUT2D eigenvalue weighted by molar-refractivity contribution is 7.99. The van der Waals surface area contributed by atoms with Crippen LogP contribution in [-0.2, 0) is 0 Å². The van der Waals surface area contributed by atoms with E-state index in [4.69, 9.17) is 0 Å². The fourth-order valence-corrected chi connectivity index (χ4v) is 4.84. The first kappa shape index (κ1) is 22.7. The van der Waals surface area contributed by atoms with Crippen molar-refractivity contribution in [3.63, 3.8) is 0 Å². The van der Waals surface area contributed by atoms with Crippen LogP contribution in [-0.4, -0.2) is 37.1 Å². The van der Waals surface area contributed by atoms with E-state index in [-0.39, 0.29) is 17.3 Å². The Morgan fingerprint density at radius 1 is 0.970 bits per heavy atom. The molecule has 0 bridgehead atoms. The summed E-state index contributed by atoms with van der Waals surface area (Å²) >= 11 is 1.34. The van der Waals surface area contributed by atoms with Crippen LogP contribution in [0.2, 0.25) is 0 Å². The minimum absolute atomic E-state index is 0.0464. The number of ketones is 2. The Hall–Kier alpha value is -3.45. The number of aromatic amines is 1. The zero-order chi connectivity index (χ0) is 23.7. The van der Waals surface area contributed by atoms with Crippen molar-refractivity contribution in [3.8, 4) is 17.1 Å². The molecule has 6 nitrogen and oxygen atoms in total. The highest BCUT2D eigenvalue weighted by Crippen LogP contribution is 2.29. The van der Waals surface area contributed by atoms with E-state index in [1.54, 1.807) is 0 Å². The van der Waals surface area contributed by atoms with E-state index in [9.17, 15) is 9.59 Å². The molecule has 0 spiro atoms. The SMILES string of the molecule is CC(=O)c1c(C)[nH]c(C(=O)CSc2nnc(-c3cccc(C)c3)n2-c2ccc(C)cc2)c1C. The van der Waals surface area contributed by atoms with E-state index < -0.39 is 0 Å². The highest BCUT2D eigenvalue weighted by Gasteiger charge is 2.22. The minimum atomic E-state index is -0.0799. The van der Waals surface area contributed by atoms with Crippen molar-refractivity contribution in [3.05, 3.63) is 82.2 Å². The third-order valence-electron chi connectivity index (χ3n) is 5.60. The number of carbonyl (C=O) groups excluding carboxylic acids is 2. The maximum absolute atomic E-state index is 13.0. The highest BCUT2D eigenvalue weighted by atomic mass is 32.2. The van der Waals surface area contributed by atoms with Crippen LogP contribution in [0.25, 0.3) is 17.1 Å². The lowest BCUT2D eigenvalue weighted by molar-refractivity contribution is 0.101. The Morgan fingerprint density at radius 3 is 2.33 bits per heavy atom. The number of Topliss-reactive ketones (excluding diaryl/α,β-unsaturated/α-hetero) is 2. The molecule has 0 fully saturated rings. The summed E-state index contributed by atoms with van der Waals surface area (Å²) in [5.41, 5.74) is 6.68. The largest absolute Gasteiger partial charge is 0.355 e. The van der Waals surface area contributed by atoms with Crippen molar-refractivity contribution in [2.75, 3.05) is 5.75 Å². The van der Waals surface area contributed by atoms with Crippen molar-refractivity contribution in [1.29, 1.82) is 0 Å². The van der Waals surface area contributed by atoms with Gasteiger partial charge >= 0.3 is 0 Å². The lowest BCUT2D eigenvalue weighted by Gasteiger charge is -2.11. The average Bonchev–Trinajstić information content (AvgIpc) is 3.33. The monoisotopic (exact) mass is 458 g/mol. The van der Waals surface area contributed by atoms with Crippen LogP contribution in [0.1, 0.15) is 50.2 Å². The number of nitrogens with one attached hydrogen (secondary N) is 1. The molecule has 0 aliphatic carbocycles. The summed E-state index contributed by atoms with van der Waals surface area (Å²) in [5, 5.41) is 9.52. The quantitative estimate of drug-likeness (QED) is 0.285. The van der Waals surface area contributed by atoms with Gasteiger partial charge in [-0.3, -0.25) is 14.2 Å². The molecule has 168 valence electrons. The first-order valence-electron chi connectivity index (χ1n) is 10.7. The maximum atomic E-state index is 13.0. The number of hydrogen-bond donors (Lipinski definition) is 1. The zero-order valence-electron chi connectivity index (χ0n) is 19.4. The molecule has 0 saturated heterocycles. The van der Waals surface area contributed by atoms with Crippen LogP contribution in [0.15, 0.2) is 53.7 Å². The van der Waals surface area contributed by atoms with E-state index in [1.807, 2.05) is 74.7 Å². The molecule has 7 heteroatoms. The number of thioether (sulfide) groups is 1. The van der Waals surface area contributed by atoms with Gasteiger partial charge in [0.25, 0.3) is 0 Å². The molecule has 0 aliphatic heterocycles. The third-order valence-corrected chi connectivity index (χ3v) is 6.53. The van der Waals surface area contributed by atoms with Crippen LogP contribution in [0, 0.1) is 27.7 Å². The molecule has 2 aromatic carbocycles. The molecule has 0 saturated carbocycles. The van der Waals surface area contributed by atoms with Crippen LogP contribution in [0.4, 0.5) is 0 Å². The molecule has 0 unspecified atom stereocenters. The van der Waals surface area contributed by atoms with Gasteiger partial charge in [-0.15, -0.1) is 10.2 Å². The lowest BCUT2D eigenvalue weighted by atomic mass is 10.1. The van der Waals surface area contributed by atoms with Gasteiger partial charge in [0.15, 0.2) is 22.5 Å². The predicted molar refractivity (Wildman–Crippen MR) is 132 cm³/mol. The van der Waals surface area contributed by atoms with Crippen LogP contribution in [0.3, 0.4) is 0 Å². The van der Waals surface area contributed by atoms with E-state index >= 15 is 0 Å². The lowest BCUT2D eigenvalue weighted by Crippen LogP contribution is -2.07. The van der Waals surface area contributed by atoms with Gasteiger partial charge in [-0.1, -0.05) is 53.2 Å². The van der Waals surface area contributed by atoms with Gasteiger partial charge in [0.2, 0.25) is 0 Å². The fraction of sp³-hybridized carbons (Fsp3) is 0.231. The number of carbonyl (C=O) groups is 2. The topological polar surface area (TPSA) is 80.6 Å². The molecule has 0 radical (unpaired) electrons. The molecular formula is C26H26N4O2S. The first-order valence-corrected chi connectivity index (χ1v) is 11.7. The normalized spacial score (nSPS) is 11.1. The van der Waals surface area contributed by atoms with Gasteiger partial charge in [-0.2, -0.15) is 0 Å². The predicted octanol–water partition coefficient (Wildman–Crippen LogP) is 5.67. The number of hydrogen-bond acceptors (Lipinski definition) is 5. The number of nitrogens with zero attached hydrogens (tertiary/aromatic N) is 3. The number of H-pyrrole nitrogens is 1. The van der Waals surface area contributed by atoms with Crippen LogP contribution >= 0.6 is 11.8 Å². The molecule has 2 heterocycles. The second-order valence-electron chi connectivity index (χ2n) is 8.24. The van der Waals surface area contributed by atoms with E-state index in [1.165, 1.54) is 18.7 Å². The van der Waals surface area contributed by atoms with E-state index in [0.717, 1.165) is 33.9 Å². The second-order valence-corrected chi connectivity index (χ2v) is 9.18. The summed E-state index contributed by atoms with van der Waals surface area (Å²) in [5.74, 6) is 0.775. The van der Waals surface area contributed by atoms with E-state index in [0.29, 0.717) is 22.0 Å². The van der Waals surface area contributed by atoms with Gasteiger partial charge in [0.05, 0.1) is 11.4 Å². The fourth-order valence-electron chi connectivity index (χ4n) is 4.02. The van der Waals surface area contributed by atoms with Crippen molar-refractivity contribution in [1.82, 2.24) is 19.7 Å². The van der Waals surface area contributed by atoms with E-state index in [2.05, 4.69) is 21.2 Å². The summed E-state index contributed by atoms with van der Waals surface area (Å²) in [4.78, 5) is 28.0. The summed E-state index contributed by atoms with van der Waals surface area (Å²) in [6.45, 7) is 9.23. The van der Waals surface area contributed by atoms with Crippen LogP contribution in [0.5, 0.6) is 0 Å². The maximum Gasteiger partial charge on any atom is 0.196 e. The molecular weight excluding hydrogens is 432 g/mol. The van der Waals surface area contributed by atoms with Crippen LogP contribution < -0.4 is 0 Å². The number of aryl methyl sites for hydroxylation is 3. The Bertz CT molecular complexity index is 1350. The molecule has 2 aromatic heterocycles. The number of aromatic nitrogens is 4. The Kier molecular flexibility index (Phi) is 6.33. The second kappa shape index (κ2) is 9.19. The molecule has 0 amide bonds. The minimum Gasteiger partial charge on any atom is -0.355 e. The Balaban J connectivity index is 1.68. The number of benzene rings is 2. The molecule has 33 heavy (non-hydrogen) atoms. The standard InChI is InChI=1S/C26H26N4O2S/c1-15-9-11-21(12-10-15)30-25(20-8-6-7-16(2)13-20)28-29-26(30)33-14-22(32)24-17(3)23(19(5)31)18(4)27-24/h6-13,27H,14H2,1-5H3. The molecule has 0 atom stereocenters. The van der Waals surface area contributed by atoms with Crippen molar-refractivity contribution in [2.45, 2.75) is 39.8 Å². The Morgan fingerprint density at radius 2 is 1.70 bits per heavy atom. The summed E-state index contributed by atoms with van der Waals surface area (Å²) < 4.78 is 1.99. The molecule has 0 aliphatic rings. The first-order chi connectivity index (χ1) is 15.8. The van der Waals surface area contributed by atoms with Crippen molar-refractivity contribution >= 4 is 23.3 Å². The number of rotatable bonds is 7. The van der Waals surface area contributed by atoms with Crippen molar-refractivity contribution in [2.24, 2.45) is 0 Å². The third kappa shape index (κ3) is 4.54. The van der Waals surface area contributed by atoms with Gasteiger partial charge in [0.1, 0.15) is 0 Å². The summed E-state index contributed by atoms with van der Waals surface area (Å²) in [6.07, 6.45) is 0. The molecule has 4 aromatic rings. The summed E-state index contributed by atoms with van der Waals surface area (Å²) in [6, 6.07) is 16.3. The average molecular weight is 459 g/mol. The smallest absolute Gasteiger partial charge is 0.196 e.